The molecule has 0 radical (unpaired) electrons. The van der Waals surface area contributed by atoms with Gasteiger partial charge in [-0.2, -0.15) is 0 Å². The molecule has 1 spiro atoms. The molecule has 7 nitrogen and oxygen atoms in total. The molecular formula is C51H74N4O3P2. The van der Waals surface area contributed by atoms with Gasteiger partial charge in [-0.05, 0) is 64.8 Å². The molecule has 9 heteroatoms. The highest BCUT2D eigenvalue weighted by atomic mass is 31.2. The molecule has 2 unspecified atom stereocenters. The number of aromatic nitrogens is 2. The molecule has 6 aromatic rings. The highest BCUT2D eigenvalue weighted by Crippen LogP contribution is 2.69. The Kier molecular flexibility index (Phi) is 14.3. The molecule has 3 aromatic carbocycles. The Labute approximate surface area is 363 Å². The molecule has 2 atom stereocenters. The van der Waals surface area contributed by atoms with E-state index in [1.807, 2.05) is 27.7 Å². The Hall–Kier alpha value is -3.57. The van der Waals surface area contributed by atoms with E-state index in [4.69, 9.17) is 24.8 Å². The number of benzene rings is 3. The van der Waals surface area contributed by atoms with Crippen LogP contribution < -0.4 is 24.8 Å². The summed E-state index contributed by atoms with van der Waals surface area (Å²) < 4.78 is 26.4. The summed E-state index contributed by atoms with van der Waals surface area (Å²) in [6, 6.07) is 26.3. The van der Waals surface area contributed by atoms with E-state index in [-0.39, 0.29) is 16.2 Å². The third-order valence-electron chi connectivity index (χ3n) is 11.4. The van der Waals surface area contributed by atoms with Crippen molar-refractivity contribution in [1.29, 1.82) is 0 Å². The third kappa shape index (κ3) is 8.23. The molecule has 1 saturated carbocycles. The van der Waals surface area contributed by atoms with Gasteiger partial charge in [-0.15, -0.1) is 0 Å². The number of nitrogens with zero attached hydrogens (tertiary/aromatic N) is 2. The van der Waals surface area contributed by atoms with Gasteiger partial charge in [-0.1, -0.05) is 178 Å². The van der Waals surface area contributed by atoms with Crippen LogP contribution in [0.5, 0.6) is 11.5 Å². The summed E-state index contributed by atoms with van der Waals surface area (Å²) in [7, 11) is -3.03. The first-order chi connectivity index (χ1) is 28.4. The number of para-hydroxylation sites is 2. The van der Waals surface area contributed by atoms with E-state index < -0.39 is 27.7 Å². The van der Waals surface area contributed by atoms with Crippen LogP contribution in [0.15, 0.2) is 96.1 Å². The van der Waals surface area contributed by atoms with Crippen molar-refractivity contribution in [1.82, 2.24) is 8.33 Å². The Bertz CT molecular complexity index is 2410. The lowest BCUT2D eigenvalue weighted by Crippen LogP contribution is -2.46. The Morgan fingerprint density at radius 2 is 1.23 bits per heavy atom. The van der Waals surface area contributed by atoms with Gasteiger partial charge >= 0.3 is 0 Å². The molecule has 2 aliphatic carbocycles. The van der Waals surface area contributed by atoms with Crippen LogP contribution in [0.4, 0.5) is 0 Å². The van der Waals surface area contributed by atoms with Crippen LogP contribution in [0.25, 0.3) is 32.8 Å². The van der Waals surface area contributed by atoms with Gasteiger partial charge in [-0.3, -0.25) is 23.9 Å². The van der Waals surface area contributed by atoms with Gasteiger partial charge in [0.2, 0.25) is 8.45 Å². The number of fused-ring (bicyclic) bond motifs is 8. The lowest BCUT2D eigenvalue weighted by Gasteiger charge is -2.43. The average molecular weight is 853 g/mol. The Balaban J connectivity index is 0.000000630. The maximum absolute atomic E-state index is 7.83. The summed E-state index contributed by atoms with van der Waals surface area (Å²) in [6.45, 7) is 34.7. The maximum Gasteiger partial charge on any atom is 0.236 e. The molecule has 60 heavy (non-hydrogen) atoms. The second-order valence-corrected chi connectivity index (χ2v) is 20.9. The largest absolute Gasteiger partial charge is 0.475 e. The molecule has 326 valence electrons. The summed E-state index contributed by atoms with van der Waals surface area (Å²) in [5, 5.41) is 2.43. The highest BCUT2D eigenvalue weighted by Gasteiger charge is 2.77. The number of hydrogen-bond donors (Lipinski definition) is 2. The lowest BCUT2D eigenvalue weighted by atomic mass is 9.69. The first-order valence-electron chi connectivity index (χ1n) is 22.4. The van der Waals surface area contributed by atoms with Crippen LogP contribution in [-0.2, 0) is 10.8 Å². The summed E-state index contributed by atoms with van der Waals surface area (Å²) >= 11 is 0. The molecule has 4 N–H and O–H groups in total. The van der Waals surface area contributed by atoms with E-state index in [2.05, 4.69) is 176 Å². The summed E-state index contributed by atoms with van der Waals surface area (Å²) in [6.07, 6.45) is 8.89. The number of nitrogens with two attached hydrogens (primary N) is 2. The van der Waals surface area contributed by atoms with Crippen LogP contribution in [0.2, 0.25) is 0 Å². The molecule has 9 rings (SSSR count). The second-order valence-electron chi connectivity index (χ2n) is 18.5. The van der Waals surface area contributed by atoms with E-state index >= 15 is 0 Å². The Morgan fingerprint density at radius 1 is 0.733 bits per heavy atom. The number of rotatable bonds is 4. The topological polar surface area (TPSA) is 88.5 Å². The quantitative estimate of drug-likeness (QED) is 0.136. The number of hydrogen-bond acceptors (Lipinski definition) is 5. The van der Waals surface area contributed by atoms with Crippen molar-refractivity contribution in [3.8, 4) is 11.5 Å². The van der Waals surface area contributed by atoms with Crippen molar-refractivity contribution >= 4 is 49.4 Å². The van der Waals surface area contributed by atoms with Gasteiger partial charge in [0.25, 0.3) is 0 Å². The zero-order valence-corrected chi connectivity index (χ0v) is 41.4. The van der Waals surface area contributed by atoms with E-state index in [9.17, 15) is 0 Å². The third-order valence-corrected chi connectivity index (χ3v) is 13.8. The summed E-state index contributed by atoms with van der Waals surface area (Å²) in [4.78, 5) is 0. The minimum atomic E-state index is -1.67. The van der Waals surface area contributed by atoms with Crippen molar-refractivity contribution in [2.45, 2.75) is 158 Å². The van der Waals surface area contributed by atoms with Crippen LogP contribution in [0.3, 0.4) is 0 Å². The fourth-order valence-corrected chi connectivity index (χ4v) is 11.2. The van der Waals surface area contributed by atoms with Gasteiger partial charge in [0.05, 0.1) is 22.1 Å². The highest BCUT2D eigenvalue weighted by molar-refractivity contribution is 7.47. The standard InChI is InChI=1S/C41H46N4O3P2.2C3H8.2C2H6/c1-37(2,3)27-17-18-35-39(7,8)29-21-28(38(4,5)6)22-34(47-49(42)43)36(29)46-41(35)24-40(41,23-27)48-50-44-30-15-11-9-13-25(30)19-32(44)33-20-26-14-10-12-16-31(26)45(33)50;2*1-3-2;2*1-2/h9-16,18-23H,17,24,42-43H2,1-8H3;2*3H2,1-2H3;2*1-2H3. The van der Waals surface area contributed by atoms with Crippen LogP contribution in [0.1, 0.15) is 148 Å². The monoisotopic (exact) mass is 853 g/mol. The van der Waals surface area contributed by atoms with Crippen molar-refractivity contribution in [3.63, 3.8) is 0 Å². The van der Waals surface area contributed by atoms with E-state index in [1.165, 1.54) is 56.8 Å². The SMILES string of the molecule is CC.CC.CC(C)(C)C1=CC2(Op3n4c5ccccc5cc4c4cc5ccccc5n43)CC23Oc2c(OP(N)N)cc(C(C)(C)C)cc2C(C)(C)C3=CC1.CCC.CCC. The predicted molar refractivity (Wildman–Crippen MR) is 262 cm³/mol. The van der Waals surface area contributed by atoms with Crippen LogP contribution >= 0.6 is 16.5 Å². The van der Waals surface area contributed by atoms with Crippen molar-refractivity contribution in [3.05, 3.63) is 107 Å². The van der Waals surface area contributed by atoms with Crippen molar-refractivity contribution in [2.24, 2.45) is 16.4 Å². The van der Waals surface area contributed by atoms with E-state index in [0.717, 1.165) is 23.3 Å². The van der Waals surface area contributed by atoms with Gasteiger partial charge in [0.15, 0.2) is 25.2 Å². The van der Waals surface area contributed by atoms with Crippen molar-refractivity contribution in [2.75, 3.05) is 0 Å². The van der Waals surface area contributed by atoms with Gasteiger partial charge in [-0.25, -0.2) is 0 Å². The van der Waals surface area contributed by atoms with Gasteiger partial charge < -0.3 is 9.26 Å². The smallest absolute Gasteiger partial charge is 0.236 e. The second kappa shape index (κ2) is 18.0. The van der Waals surface area contributed by atoms with Crippen molar-refractivity contribution < 1.29 is 13.8 Å². The van der Waals surface area contributed by atoms with Gasteiger partial charge in [0.1, 0.15) is 5.60 Å². The van der Waals surface area contributed by atoms with Gasteiger partial charge in [0, 0.05) is 28.2 Å². The van der Waals surface area contributed by atoms with Crippen LogP contribution in [0, 0.1) is 5.41 Å². The average Bonchev–Trinajstić information content (AvgIpc) is 3.40. The lowest BCUT2D eigenvalue weighted by molar-refractivity contribution is 0.108. The molecule has 3 aromatic heterocycles. The first kappa shape index (κ1) is 47.5. The summed E-state index contributed by atoms with van der Waals surface area (Å²) in [5.74, 6) is 1.33. The van der Waals surface area contributed by atoms with Crippen LogP contribution in [-0.4, -0.2) is 19.5 Å². The number of allylic oxidation sites excluding steroid dienone is 2. The fourth-order valence-electron chi connectivity index (χ4n) is 8.56. The zero-order valence-electron chi connectivity index (χ0n) is 39.6. The number of ether oxygens (including phenoxy) is 1. The summed E-state index contributed by atoms with van der Waals surface area (Å²) in [5.41, 5.74) is 19.9. The Morgan fingerprint density at radius 3 is 1.70 bits per heavy atom. The molecule has 0 bridgehead atoms. The normalized spacial score (nSPS) is 20.0. The zero-order chi connectivity index (χ0) is 44.6. The molecule has 1 aliphatic heterocycles. The molecule has 0 saturated heterocycles. The molecule has 3 aliphatic rings. The van der Waals surface area contributed by atoms with E-state index in [1.54, 1.807) is 0 Å². The maximum atomic E-state index is 7.83. The molecule has 0 amide bonds. The first-order valence-corrected chi connectivity index (χ1v) is 24.9. The predicted octanol–water partition coefficient (Wildman–Crippen LogP) is 15.2. The van der Waals surface area contributed by atoms with E-state index in [0.29, 0.717) is 12.2 Å². The fraction of sp³-hybridized carbons (Fsp3) is 0.490. The molecule has 4 heterocycles. The molecular weight excluding hydrogens is 779 g/mol. The molecule has 1 fully saturated rings. The minimum absolute atomic E-state index is 0.0656. The minimum Gasteiger partial charge on any atom is -0.475 e.